The normalized spacial score (nSPS) is 17.4. The van der Waals surface area contributed by atoms with Crippen molar-refractivity contribution in [3.63, 3.8) is 0 Å². The number of anilines is 1. The number of hydrogen-bond donors (Lipinski definition) is 1. The molecule has 5 rings (SSSR count). The molecule has 0 radical (unpaired) electrons. The van der Waals surface area contributed by atoms with Crippen molar-refractivity contribution in [1.29, 1.82) is 0 Å². The smallest absolute Gasteiger partial charge is 0.261 e. The molecule has 5 nitrogen and oxygen atoms in total. The number of aryl methyl sites for hydroxylation is 1. The zero-order chi connectivity index (χ0) is 29.2. The molecule has 1 unspecified atom stereocenters. The number of nitrogens with one attached hydrogen (secondary N) is 1. The van der Waals surface area contributed by atoms with Crippen molar-refractivity contribution >= 4 is 15.7 Å². The van der Waals surface area contributed by atoms with E-state index in [0.29, 0.717) is 0 Å². The summed E-state index contributed by atoms with van der Waals surface area (Å²) in [5.41, 5.74) is 5.36. The quantitative estimate of drug-likeness (QED) is 0.280. The molecule has 2 heterocycles. The Labute approximate surface area is 245 Å². The first kappa shape index (κ1) is 29.7. The number of aromatic nitrogens is 1. The van der Waals surface area contributed by atoms with Crippen molar-refractivity contribution in [3.05, 3.63) is 88.5 Å². The van der Waals surface area contributed by atoms with Crippen molar-refractivity contribution < 1.29 is 12.8 Å². The van der Waals surface area contributed by atoms with Crippen LogP contribution in [0.2, 0.25) is 0 Å². The highest BCUT2D eigenvalue weighted by atomic mass is 32.2. The number of hydrogen-bond acceptors (Lipinski definition) is 4. The highest BCUT2D eigenvalue weighted by molar-refractivity contribution is 7.92. The molecule has 1 N–H and O–H groups in total. The molecule has 0 amide bonds. The summed E-state index contributed by atoms with van der Waals surface area (Å²) >= 11 is 0. The molecule has 7 heteroatoms. The number of nitrogens with zero attached hydrogens (tertiary/aromatic N) is 2. The largest absolute Gasteiger partial charge is 0.292 e. The average Bonchev–Trinajstić information content (AvgIpc) is 3.47. The van der Waals surface area contributed by atoms with Gasteiger partial charge >= 0.3 is 0 Å². The first-order valence-electron chi connectivity index (χ1n) is 15.1. The van der Waals surface area contributed by atoms with Gasteiger partial charge in [-0.25, -0.2) is 12.8 Å². The monoisotopic (exact) mass is 577 g/mol. The van der Waals surface area contributed by atoms with Crippen LogP contribution in [0, 0.1) is 11.7 Å². The molecule has 0 bridgehead atoms. The van der Waals surface area contributed by atoms with Gasteiger partial charge in [0.05, 0.1) is 10.6 Å². The molecule has 1 aromatic heterocycles. The van der Waals surface area contributed by atoms with Crippen LogP contribution in [-0.2, 0) is 34.8 Å². The minimum Gasteiger partial charge on any atom is -0.292 e. The molecule has 1 saturated carbocycles. The zero-order valence-electron chi connectivity index (χ0n) is 24.9. The molecule has 0 saturated heterocycles. The Morgan fingerprint density at radius 1 is 1.05 bits per heavy atom. The number of sulfonamides is 1. The number of benzene rings is 2. The average molecular weight is 578 g/mol. The molecule has 220 valence electrons. The molecule has 1 fully saturated rings. The van der Waals surface area contributed by atoms with Crippen molar-refractivity contribution in [2.75, 3.05) is 11.3 Å². The Hall–Kier alpha value is -2.77. The van der Waals surface area contributed by atoms with E-state index in [0.717, 1.165) is 60.7 Å². The number of halogens is 1. The molecule has 1 aliphatic heterocycles. The van der Waals surface area contributed by atoms with E-state index in [4.69, 9.17) is 0 Å². The summed E-state index contributed by atoms with van der Waals surface area (Å²) in [5, 5.41) is 0. The second-order valence-corrected chi connectivity index (χ2v) is 14.7. The Kier molecular flexibility index (Phi) is 8.86. The van der Waals surface area contributed by atoms with Crippen LogP contribution < -0.4 is 4.72 Å². The van der Waals surface area contributed by atoms with E-state index in [1.54, 1.807) is 18.2 Å². The van der Waals surface area contributed by atoms with E-state index in [1.165, 1.54) is 43.7 Å². The third-order valence-corrected chi connectivity index (χ3v) is 10.3. The van der Waals surface area contributed by atoms with Gasteiger partial charge in [-0.2, -0.15) is 0 Å². The molecular formula is C34H44FN3O2S. The first-order chi connectivity index (χ1) is 19.5. The predicted molar refractivity (Wildman–Crippen MR) is 164 cm³/mol. The third kappa shape index (κ3) is 7.18. The lowest BCUT2D eigenvalue weighted by molar-refractivity contribution is 0.192. The predicted octanol–water partition coefficient (Wildman–Crippen LogP) is 7.95. The fourth-order valence-corrected chi connectivity index (χ4v) is 7.39. The SMILES string of the molecule is CC(c1ccnc(C(C)(C)C)c1)N1CCc2cc(S(=O)(=O)Nc3ccc(CCCC4CCCC4)cc3F)ccc2C1. The molecule has 3 aromatic rings. The highest BCUT2D eigenvalue weighted by Crippen LogP contribution is 2.32. The molecule has 2 aromatic carbocycles. The Balaban J connectivity index is 1.23. The van der Waals surface area contributed by atoms with E-state index in [2.05, 4.69) is 54.4 Å². The number of pyridine rings is 1. The minimum absolute atomic E-state index is 0.00533. The van der Waals surface area contributed by atoms with Gasteiger partial charge in [-0.05, 0) is 90.8 Å². The van der Waals surface area contributed by atoms with Gasteiger partial charge in [-0.15, -0.1) is 0 Å². The van der Waals surface area contributed by atoms with Crippen molar-refractivity contribution in [3.8, 4) is 0 Å². The lowest BCUT2D eigenvalue weighted by Gasteiger charge is -2.34. The maximum atomic E-state index is 14.9. The van der Waals surface area contributed by atoms with Crippen LogP contribution in [0.3, 0.4) is 0 Å². The van der Waals surface area contributed by atoms with Gasteiger partial charge in [0.2, 0.25) is 0 Å². The van der Waals surface area contributed by atoms with Gasteiger partial charge < -0.3 is 0 Å². The third-order valence-electron chi connectivity index (χ3n) is 8.94. The van der Waals surface area contributed by atoms with Gasteiger partial charge in [-0.1, -0.05) is 65.0 Å². The Morgan fingerprint density at radius 3 is 2.56 bits per heavy atom. The fraction of sp³-hybridized carbons (Fsp3) is 0.500. The topological polar surface area (TPSA) is 62.3 Å². The molecule has 41 heavy (non-hydrogen) atoms. The first-order valence-corrected chi connectivity index (χ1v) is 16.6. The van der Waals surface area contributed by atoms with Crippen LogP contribution in [0.15, 0.2) is 59.6 Å². The summed E-state index contributed by atoms with van der Waals surface area (Å²) in [4.78, 5) is 7.15. The van der Waals surface area contributed by atoms with E-state index < -0.39 is 15.8 Å². The van der Waals surface area contributed by atoms with E-state index in [1.807, 2.05) is 18.3 Å². The van der Waals surface area contributed by atoms with Crippen LogP contribution >= 0.6 is 0 Å². The standard InChI is InChI=1S/C34H44FN3O2S/c1-24(27-16-18-36-33(22-27)34(2,3)4)38-19-17-28-21-30(14-13-29(28)23-38)41(39,40)37-32-15-12-26(20-31(32)35)11-7-10-25-8-5-6-9-25/h12-16,18,20-22,24-25,37H,5-11,17,19,23H2,1-4H3. The molecule has 1 atom stereocenters. The molecular weight excluding hydrogens is 533 g/mol. The van der Waals surface area contributed by atoms with Crippen LogP contribution in [0.5, 0.6) is 0 Å². The summed E-state index contributed by atoms with van der Waals surface area (Å²) in [6, 6.07) is 14.6. The fourth-order valence-electron chi connectivity index (χ4n) is 6.27. The van der Waals surface area contributed by atoms with Crippen LogP contribution in [0.25, 0.3) is 0 Å². The molecule has 0 spiro atoms. The minimum atomic E-state index is -3.91. The summed E-state index contributed by atoms with van der Waals surface area (Å²) in [5.74, 6) is 0.289. The van der Waals surface area contributed by atoms with Crippen molar-refractivity contribution in [2.45, 2.75) is 102 Å². The van der Waals surface area contributed by atoms with E-state index >= 15 is 0 Å². The van der Waals surface area contributed by atoms with Gasteiger partial charge in [-0.3, -0.25) is 14.6 Å². The summed E-state index contributed by atoms with van der Waals surface area (Å²) in [6.07, 6.45) is 11.0. The van der Waals surface area contributed by atoms with E-state index in [-0.39, 0.29) is 22.0 Å². The zero-order valence-corrected chi connectivity index (χ0v) is 25.7. The van der Waals surface area contributed by atoms with Crippen molar-refractivity contribution in [2.24, 2.45) is 5.92 Å². The van der Waals surface area contributed by atoms with Crippen LogP contribution in [-0.4, -0.2) is 24.8 Å². The summed E-state index contributed by atoms with van der Waals surface area (Å²) < 4.78 is 43.8. The maximum absolute atomic E-state index is 14.9. The Morgan fingerprint density at radius 2 is 1.83 bits per heavy atom. The highest BCUT2D eigenvalue weighted by Gasteiger charge is 2.26. The van der Waals surface area contributed by atoms with Gasteiger partial charge in [0.25, 0.3) is 10.0 Å². The molecule has 2 aliphatic rings. The summed E-state index contributed by atoms with van der Waals surface area (Å²) in [6.45, 7) is 10.3. The van der Waals surface area contributed by atoms with Crippen LogP contribution in [0.1, 0.15) is 100 Å². The van der Waals surface area contributed by atoms with Crippen LogP contribution in [0.4, 0.5) is 10.1 Å². The lowest BCUT2D eigenvalue weighted by Crippen LogP contribution is -2.33. The number of rotatable bonds is 9. The van der Waals surface area contributed by atoms with Gasteiger partial charge in [0, 0.05) is 36.4 Å². The maximum Gasteiger partial charge on any atom is 0.261 e. The van der Waals surface area contributed by atoms with Gasteiger partial charge in [0.15, 0.2) is 0 Å². The second-order valence-electron chi connectivity index (χ2n) is 13.0. The number of fused-ring (bicyclic) bond motifs is 1. The Bertz CT molecular complexity index is 1480. The van der Waals surface area contributed by atoms with Crippen molar-refractivity contribution in [1.82, 2.24) is 9.88 Å². The molecule has 1 aliphatic carbocycles. The second kappa shape index (κ2) is 12.2. The summed E-state index contributed by atoms with van der Waals surface area (Å²) in [7, 11) is -3.91. The lowest BCUT2D eigenvalue weighted by atomic mass is 9.89. The van der Waals surface area contributed by atoms with E-state index in [9.17, 15) is 12.8 Å². The van der Waals surface area contributed by atoms with Gasteiger partial charge in [0.1, 0.15) is 5.82 Å².